The highest BCUT2D eigenvalue weighted by atomic mass is 16.5. The zero-order chi connectivity index (χ0) is 9.84. The van der Waals surface area contributed by atoms with E-state index >= 15 is 0 Å². The zero-order valence-electron chi connectivity index (χ0n) is 8.45. The molecule has 0 spiro atoms. The van der Waals surface area contributed by atoms with Gasteiger partial charge in [0.1, 0.15) is 0 Å². The Bertz CT molecular complexity index is 257. The molecule has 0 radical (unpaired) electrons. The van der Waals surface area contributed by atoms with E-state index in [2.05, 4.69) is 17.1 Å². The highest BCUT2D eigenvalue weighted by Gasteiger charge is 2.14. The van der Waals surface area contributed by atoms with Gasteiger partial charge in [0.2, 0.25) is 5.89 Å². The maximum atomic E-state index is 5.83. The van der Waals surface area contributed by atoms with Gasteiger partial charge in [0.25, 0.3) is 0 Å². The van der Waals surface area contributed by atoms with Gasteiger partial charge in [0, 0.05) is 5.92 Å². The SMILES string of the molecule is CCCC(N)c1noc(C(C)C)n1. The van der Waals surface area contributed by atoms with Crippen LogP contribution in [-0.2, 0) is 0 Å². The van der Waals surface area contributed by atoms with Gasteiger partial charge in [-0.1, -0.05) is 32.3 Å². The fourth-order valence-electron chi connectivity index (χ4n) is 1.07. The zero-order valence-corrected chi connectivity index (χ0v) is 8.45. The molecule has 1 rings (SSSR count). The Balaban J connectivity index is 2.67. The van der Waals surface area contributed by atoms with Crippen LogP contribution in [0.3, 0.4) is 0 Å². The van der Waals surface area contributed by atoms with Crippen LogP contribution < -0.4 is 5.73 Å². The smallest absolute Gasteiger partial charge is 0.229 e. The fourth-order valence-corrected chi connectivity index (χ4v) is 1.07. The van der Waals surface area contributed by atoms with Crippen molar-refractivity contribution >= 4 is 0 Å². The van der Waals surface area contributed by atoms with E-state index < -0.39 is 0 Å². The topological polar surface area (TPSA) is 64.9 Å². The minimum absolute atomic E-state index is 0.0822. The maximum Gasteiger partial charge on any atom is 0.229 e. The van der Waals surface area contributed by atoms with Gasteiger partial charge in [-0.15, -0.1) is 0 Å². The lowest BCUT2D eigenvalue weighted by molar-refractivity contribution is 0.357. The van der Waals surface area contributed by atoms with E-state index in [9.17, 15) is 0 Å². The predicted molar refractivity (Wildman–Crippen MR) is 50.2 cm³/mol. The number of hydrogen-bond acceptors (Lipinski definition) is 4. The molecule has 74 valence electrons. The molecule has 0 bridgehead atoms. The lowest BCUT2D eigenvalue weighted by atomic mass is 10.2. The van der Waals surface area contributed by atoms with E-state index in [4.69, 9.17) is 10.3 Å². The number of hydrogen-bond donors (Lipinski definition) is 1. The summed E-state index contributed by atoms with van der Waals surface area (Å²) in [5, 5.41) is 3.84. The van der Waals surface area contributed by atoms with Crippen LogP contribution in [0.15, 0.2) is 4.52 Å². The van der Waals surface area contributed by atoms with Gasteiger partial charge in [0.15, 0.2) is 5.82 Å². The van der Waals surface area contributed by atoms with Crippen LogP contribution in [0.5, 0.6) is 0 Å². The summed E-state index contributed by atoms with van der Waals surface area (Å²) in [6, 6.07) is -0.0822. The number of rotatable bonds is 4. The van der Waals surface area contributed by atoms with E-state index in [1.165, 1.54) is 0 Å². The highest BCUT2D eigenvalue weighted by molar-refractivity contribution is 4.95. The molecule has 4 heteroatoms. The minimum atomic E-state index is -0.0822. The summed E-state index contributed by atoms with van der Waals surface area (Å²) in [6.45, 7) is 6.12. The van der Waals surface area contributed by atoms with Gasteiger partial charge in [-0.3, -0.25) is 0 Å². The second kappa shape index (κ2) is 4.37. The van der Waals surface area contributed by atoms with Crippen LogP contribution in [0.4, 0.5) is 0 Å². The normalized spacial score (nSPS) is 13.6. The Kier molecular flexibility index (Phi) is 3.42. The predicted octanol–water partition coefficient (Wildman–Crippen LogP) is 1.99. The molecule has 1 unspecified atom stereocenters. The van der Waals surface area contributed by atoms with Crippen LogP contribution in [0.1, 0.15) is 57.3 Å². The second-order valence-corrected chi connectivity index (χ2v) is 3.54. The summed E-state index contributed by atoms with van der Waals surface area (Å²) in [6.07, 6.45) is 1.93. The average molecular weight is 183 g/mol. The third-order valence-corrected chi connectivity index (χ3v) is 1.88. The molecule has 0 aliphatic carbocycles. The van der Waals surface area contributed by atoms with Crippen molar-refractivity contribution in [2.24, 2.45) is 5.73 Å². The first kappa shape index (κ1) is 10.2. The Morgan fingerprint density at radius 3 is 2.62 bits per heavy atom. The van der Waals surface area contributed by atoms with E-state index in [1.807, 2.05) is 13.8 Å². The molecule has 13 heavy (non-hydrogen) atoms. The van der Waals surface area contributed by atoms with Crippen molar-refractivity contribution in [3.8, 4) is 0 Å². The first-order chi connectivity index (χ1) is 6.15. The van der Waals surface area contributed by atoms with Crippen LogP contribution in [0.2, 0.25) is 0 Å². The van der Waals surface area contributed by atoms with Gasteiger partial charge in [-0.05, 0) is 6.42 Å². The Morgan fingerprint density at radius 1 is 1.46 bits per heavy atom. The summed E-state index contributed by atoms with van der Waals surface area (Å²) >= 11 is 0. The van der Waals surface area contributed by atoms with Crippen molar-refractivity contribution in [2.45, 2.75) is 45.6 Å². The molecular formula is C9H17N3O. The molecule has 0 saturated heterocycles. The van der Waals surface area contributed by atoms with Crippen LogP contribution in [0.25, 0.3) is 0 Å². The molecule has 0 saturated carbocycles. The molecule has 1 heterocycles. The lowest BCUT2D eigenvalue weighted by Gasteiger charge is -2.02. The van der Waals surface area contributed by atoms with Crippen molar-refractivity contribution in [3.63, 3.8) is 0 Å². The molecule has 0 aliphatic rings. The number of nitrogens with zero attached hydrogens (tertiary/aromatic N) is 2. The Hall–Kier alpha value is -0.900. The second-order valence-electron chi connectivity index (χ2n) is 3.54. The quantitative estimate of drug-likeness (QED) is 0.775. The van der Waals surface area contributed by atoms with Gasteiger partial charge in [-0.2, -0.15) is 4.98 Å². The van der Waals surface area contributed by atoms with Crippen molar-refractivity contribution in [1.29, 1.82) is 0 Å². The highest BCUT2D eigenvalue weighted by Crippen LogP contribution is 2.16. The molecule has 1 aromatic rings. The van der Waals surface area contributed by atoms with E-state index in [1.54, 1.807) is 0 Å². The molecule has 1 atom stereocenters. The van der Waals surface area contributed by atoms with Gasteiger partial charge in [0.05, 0.1) is 6.04 Å². The number of nitrogens with two attached hydrogens (primary N) is 1. The largest absolute Gasteiger partial charge is 0.339 e. The molecular weight excluding hydrogens is 166 g/mol. The third-order valence-electron chi connectivity index (χ3n) is 1.88. The summed E-state index contributed by atoms with van der Waals surface area (Å²) in [7, 11) is 0. The van der Waals surface area contributed by atoms with Crippen molar-refractivity contribution in [3.05, 3.63) is 11.7 Å². The monoisotopic (exact) mass is 183 g/mol. The first-order valence-electron chi connectivity index (χ1n) is 4.74. The average Bonchev–Trinajstić information content (AvgIpc) is 2.52. The molecule has 2 N–H and O–H groups in total. The minimum Gasteiger partial charge on any atom is -0.339 e. The molecule has 0 fully saturated rings. The molecule has 1 aromatic heterocycles. The van der Waals surface area contributed by atoms with E-state index in [0.29, 0.717) is 11.7 Å². The number of aromatic nitrogens is 2. The Labute approximate surface area is 78.5 Å². The van der Waals surface area contributed by atoms with E-state index in [-0.39, 0.29) is 12.0 Å². The molecule has 0 aromatic carbocycles. The summed E-state index contributed by atoms with van der Waals surface area (Å²) in [5.74, 6) is 1.57. The molecule has 0 aliphatic heterocycles. The third kappa shape index (κ3) is 2.52. The Morgan fingerprint density at radius 2 is 2.15 bits per heavy atom. The maximum absolute atomic E-state index is 5.83. The van der Waals surface area contributed by atoms with Crippen molar-refractivity contribution in [1.82, 2.24) is 10.1 Å². The standard InChI is InChI=1S/C9H17N3O/c1-4-5-7(10)8-11-9(6(2)3)13-12-8/h6-7H,4-5,10H2,1-3H3. The molecule has 4 nitrogen and oxygen atoms in total. The molecule has 0 amide bonds. The van der Waals surface area contributed by atoms with Crippen molar-refractivity contribution in [2.75, 3.05) is 0 Å². The summed E-state index contributed by atoms with van der Waals surface area (Å²) in [5.41, 5.74) is 5.83. The van der Waals surface area contributed by atoms with E-state index in [0.717, 1.165) is 12.8 Å². The fraction of sp³-hybridized carbons (Fsp3) is 0.778. The van der Waals surface area contributed by atoms with Crippen molar-refractivity contribution < 1.29 is 4.52 Å². The summed E-state index contributed by atoms with van der Waals surface area (Å²) < 4.78 is 5.05. The summed E-state index contributed by atoms with van der Waals surface area (Å²) in [4.78, 5) is 4.23. The lowest BCUT2D eigenvalue weighted by Crippen LogP contribution is -2.11. The first-order valence-corrected chi connectivity index (χ1v) is 4.74. The van der Waals surface area contributed by atoms with Gasteiger partial charge < -0.3 is 10.3 Å². The van der Waals surface area contributed by atoms with Gasteiger partial charge in [-0.25, -0.2) is 0 Å². The van der Waals surface area contributed by atoms with Crippen LogP contribution >= 0.6 is 0 Å². The van der Waals surface area contributed by atoms with Crippen LogP contribution in [0, 0.1) is 0 Å². The van der Waals surface area contributed by atoms with Crippen LogP contribution in [-0.4, -0.2) is 10.1 Å². The van der Waals surface area contributed by atoms with Gasteiger partial charge >= 0.3 is 0 Å².